The average Bonchev–Trinajstić information content (AvgIpc) is 2.61. The van der Waals surface area contributed by atoms with Crippen molar-refractivity contribution in [2.24, 2.45) is 5.73 Å². The van der Waals surface area contributed by atoms with Crippen molar-refractivity contribution in [2.75, 3.05) is 4.90 Å². The van der Waals surface area contributed by atoms with Crippen molar-refractivity contribution in [3.8, 4) is 0 Å². The molecule has 0 fully saturated rings. The number of rotatable bonds is 2. The molecule has 4 aromatic rings. The number of carbonyl (C=O) groups excluding carboxylic acids is 1. The summed E-state index contributed by atoms with van der Waals surface area (Å²) in [5.41, 5.74) is 7.20. The third kappa shape index (κ3) is 2.46. The molecule has 3 heteroatoms. The number of urea groups is 1. The minimum absolute atomic E-state index is 0.499. The lowest BCUT2D eigenvalue weighted by Crippen LogP contribution is -2.31. The second kappa shape index (κ2) is 5.70. The molecule has 0 heterocycles. The number of amides is 2. The van der Waals surface area contributed by atoms with Gasteiger partial charge in [0.2, 0.25) is 0 Å². The Labute approximate surface area is 139 Å². The van der Waals surface area contributed by atoms with Gasteiger partial charge in [-0.15, -0.1) is 0 Å². The molecule has 0 aliphatic rings. The summed E-state index contributed by atoms with van der Waals surface area (Å²) >= 11 is 0. The molecule has 0 spiro atoms. The fraction of sp³-hybridized carbons (Fsp3) is 0. The van der Waals surface area contributed by atoms with Crippen molar-refractivity contribution >= 4 is 39.0 Å². The molecule has 0 unspecified atom stereocenters. The Bertz CT molecular complexity index is 976. The second-order valence-corrected chi connectivity index (χ2v) is 5.74. The lowest BCUT2D eigenvalue weighted by molar-refractivity contribution is 0.256. The number of hydrogen-bond donors (Lipinski definition) is 1. The van der Waals surface area contributed by atoms with E-state index in [2.05, 4.69) is 0 Å². The normalized spacial score (nSPS) is 10.8. The molecule has 3 nitrogen and oxygen atoms in total. The van der Waals surface area contributed by atoms with Gasteiger partial charge in [0.1, 0.15) is 0 Å². The summed E-state index contributed by atoms with van der Waals surface area (Å²) in [7, 11) is 0. The fourth-order valence-corrected chi connectivity index (χ4v) is 3.04. The zero-order valence-corrected chi connectivity index (χ0v) is 13.0. The van der Waals surface area contributed by atoms with Crippen molar-refractivity contribution < 1.29 is 4.79 Å². The van der Waals surface area contributed by atoms with E-state index in [9.17, 15) is 4.79 Å². The highest BCUT2D eigenvalue weighted by Crippen LogP contribution is 2.30. The van der Waals surface area contributed by atoms with Gasteiger partial charge in [-0.05, 0) is 45.8 Å². The Balaban J connectivity index is 1.86. The first kappa shape index (κ1) is 14.3. The lowest BCUT2D eigenvalue weighted by Gasteiger charge is -2.21. The summed E-state index contributed by atoms with van der Waals surface area (Å²) < 4.78 is 0. The van der Waals surface area contributed by atoms with Gasteiger partial charge in [0, 0.05) is 0 Å². The van der Waals surface area contributed by atoms with Crippen LogP contribution in [-0.2, 0) is 0 Å². The highest BCUT2D eigenvalue weighted by molar-refractivity contribution is 6.02. The van der Waals surface area contributed by atoms with Crippen molar-refractivity contribution in [1.29, 1.82) is 0 Å². The molecule has 24 heavy (non-hydrogen) atoms. The monoisotopic (exact) mass is 312 g/mol. The van der Waals surface area contributed by atoms with Crippen LogP contribution in [0.2, 0.25) is 0 Å². The summed E-state index contributed by atoms with van der Waals surface area (Å²) in [4.78, 5) is 13.7. The number of benzene rings is 4. The first-order valence-electron chi connectivity index (χ1n) is 7.79. The Morgan fingerprint density at radius 1 is 0.625 bits per heavy atom. The van der Waals surface area contributed by atoms with Gasteiger partial charge in [-0.2, -0.15) is 0 Å². The van der Waals surface area contributed by atoms with E-state index in [1.54, 1.807) is 4.90 Å². The molecule has 0 bridgehead atoms. The van der Waals surface area contributed by atoms with Crippen LogP contribution in [0.5, 0.6) is 0 Å². The van der Waals surface area contributed by atoms with Crippen LogP contribution >= 0.6 is 0 Å². The highest BCUT2D eigenvalue weighted by atomic mass is 16.2. The summed E-state index contributed by atoms with van der Waals surface area (Å²) in [6.45, 7) is 0. The number of carbonyl (C=O) groups is 1. The SMILES string of the molecule is NC(=O)N(c1ccc2ccccc2c1)c1ccc2ccccc2c1. The highest BCUT2D eigenvalue weighted by Gasteiger charge is 2.15. The van der Waals surface area contributed by atoms with E-state index in [0.29, 0.717) is 0 Å². The molecule has 0 atom stereocenters. The molecule has 0 saturated carbocycles. The molecule has 2 amide bonds. The second-order valence-electron chi connectivity index (χ2n) is 5.74. The molecule has 4 rings (SSSR count). The van der Waals surface area contributed by atoms with E-state index in [4.69, 9.17) is 5.73 Å². The van der Waals surface area contributed by atoms with Gasteiger partial charge < -0.3 is 5.73 Å². The summed E-state index contributed by atoms with van der Waals surface area (Å²) in [6.07, 6.45) is 0. The van der Waals surface area contributed by atoms with Gasteiger partial charge in [-0.25, -0.2) is 4.79 Å². The van der Waals surface area contributed by atoms with E-state index in [0.717, 1.165) is 32.9 Å². The van der Waals surface area contributed by atoms with Crippen LogP contribution in [0.25, 0.3) is 21.5 Å². The van der Waals surface area contributed by atoms with Gasteiger partial charge >= 0.3 is 6.03 Å². The molecule has 4 aromatic carbocycles. The minimum atomic E-state index is -0.499. The van der Waals surface area contributed by atoms with Crippen LogP contribution in [0.15, 0.2) is 84.9 Å². The molecule has 0 aliphatic heterocycles. The topological polar surface area (TPSA) is 46.3 Å². The summed E-state index contributed by atoms with van der Waals surface area (Å²) in [5.74, 6) is 0. The Morgan fingerprint density at radius 3 is 1.46 bits per heavy atom. The zero-order valence-electron chi connectivity index (χ0n) is 13.0. The van der Waals surface area contributed by atoms with Crippen molar-refractivity contribution in [3.05, 3.63) is 84.9 Å². The fourth-order valence-electron chi connectivity index (χ4n) is 3.04. The largest absolute Gasteiger partial charge is 0.351 e. The van der Waals surface area contributed by atoms with Gasteiger partial charge in [0.15, 0.2) is 0 Å². The average molecular weight is 312 g/mol. The maximum absolute atomic E-state index is 12.1. The molecule has 0 radical (unpaired) electrons. The number of nitrogens with two attached hydrogens (primary N) is 1. The van der Waals surface area contributed by atoms with E-state index in [-0.39, 0.29) is 0 Å². The smallest absolute Gasteiger partial charge is 0.323 e. The summed E-state index contributed by atoms with van der Waals surface area (Å²) in [6, 6.07) is 27.4. The van der Waals surface area contributed by atoms with Crippen LogP contribution < -0.4 is 10.6 Å². The van der Waals surface area contributed by atoms with Crippen molar-refractivity contribution in [3.63, 3.8) is 0 Å². The number of fused-ring (bicyclic) bond motifs is 2. The zero-order chi connectivity index (χ0) is 16.5. The minimum Gasteiger partial charge on any atom is -0.351 e. The predicted octanol–water partition coefficient (Wildman–Crippen LogP) is 5.21. The molecule has 116 valence electrons. The number of nitrogens with zero attached hydrogens (tertiary/aromatic N) is 1. The molecule has 0 saturated heterocycles. The van der Waals surface area contributed by atoms with Gasteiger partial charge in [0.05, 0.1) is 11.4 Å². The van der Waals surface area contributed by atoms with Gasteiger partial charge in [-0.1, -0.05) is 60.7 Å². The first-order valence-corrected chi connectivity index (χ1v) is 7.79. The number of hydrogen-bond acceptors (Lipinski definition) is 1. The van der Waals surface area contributed by atoms with E-state index < -0.39 is 6.03 Å². The standard InChI is InChI=1S/C21H16N2O/c22-21(24)23(19-11-9-15-5-1-3-7-17(15)13-19)20-12-10-16-6-2-4-8-18(16)14-20/h1-14H,(H2,22,24). The van der Waals surface area contributed by atoms with Crippen molar-refractivity contribution in [1.82, 2.24) is 0 Å². The van der Waals surface area contributed by atoms with E-state index >= 15 is 0 Å². The van der Waals surface area contributed by atoms with Crippen LogP contribution in [0.1, 0.15) is 0 Å². The van der Waals surface area contributed by atoms with Crippen LogP contribution in [0, 0.1) is 0 Å². The van der Waals surface area contributed by atoms with Gasteiger partial charge in [-0.3, -0.25) is 4.90 Å². The quantitative estimate of drug-likeness (QED) is 0.542. The Morgan fingerprint density at radius 2 is 1.04 bits per heavy atom. The molecule has 0 aromatic heterocycles. The maximum atomic E-state index is 12.1. The third-order valence-electron chi connectivity index (χ3n) is 4.20. The lowest BCUT2D eigenvalue weighted by atomic mass is 10.1. The number of primary amides is 1. The van der Waals surface area contributed by atoms with Crippen molar-refractivity contribution in [2.45, 2.75) is 0 Å². The predicted molar refractivity (Wildman–Crippen MR) is 99.6 cm³/mol. The molecule has 2 N–H and O–H groups in total. The van der Waals surface area contributed by atoms with E-state index in [1.807, 2.05) is 84.9 Å². The first-order chi connectivity index (χ1) is 11.7. The van der Waals surface area contributed by atoms with Crippen LogP contribution in [0.4, 0.5) is 16.2 Å². The Hall–Kier alpha value is -3.33. The van der Waals surface area contributed by atoms with Crippen LogP contribution in [-0.4, -0.2) is 6.03 Å². The van der Waals surface area contributed by atoms with Gasteiger partial charge in [0.25, 0.3) is 0 Å². The van der Waals surface area contributed by atoms with Crippen LogP contribution in [0.3, 0.4) is 0 Å². The molecular weight excluding hydrogens is 296 g/mol. The Kier molecular flexibility index (Phi) is 3.39. The molecule has 0 aliphatic carbocycles. The third-order valence-corrected chi connectivity index (χ3v) is 4.20. The maximum Gasteiger partial charge on any atom is 0.323 e. The van der Waals surface area contributed by atoms with E-state index in [1.165, 1.54) is 0 Å². The summed E-state index contributed by atoms with van der Waals surface area (Å²) in [5, 5.41) is 4.40. The number of anilines is 2. The molecular formula is C21H16N2O.